The first-order valence-corrected chi connectivity index (χ1v) is 9.68. The minimum absolute atomic E-state index is 0.0760. The maximum absolute atomic E-state index is 14.0. The van der Waals surface area contributed by atoms with Crippen LogP contribution in [0.5, 0.6) is 5.75 Å². The molecule has 0 heterocycles. The van der Waals surface area contributed by atoms with E-state index in [1.165, 1.54) is 25.3 Å². The number of benzene rings is 2. The van der Waals surface area contributed by atoms with Crippen LogP contribution in [0.1, 0.15) is 42.5 Å². The third kappa shape index (κ3) is 4.67. The van der Waals surface area contributed by atoms with Gasteiger partial charge in [-0.3, -0.25) is 4.79 Å². The highest BCUT2D eigenvalue weighted by Crippen LogP contribution is 2.29. The number of hydrogen-bond acceptors (Lipinski definition) is 4. The number of hydrogen-bond donors (Lipinski definition) is 3. The van der Waals surface area contributed by atoms with Crippen LogP contribution in [0, 0.1) is 11.7 Å². The number of carbonyl (C=O) groups excluding carboxylic acids is 1. The van der Waals surface area contributed by atoms with Crippen molar-refractivity contribution in [2.24, 2.45) is 5.92 Å². The van der Waals surface area contributed by atoms with E-state index >= 15 is 0 Å². The van der Waals surface area contributed by atoms with Crippen molar-refractivity contribution in [3.63, 3.8) is 0 Å². The van der Waals surface area contributed by atoms with Gasteiger partial charge in [-0.15, -0.1) is 0 Å². The maximum Gasteiger partial charge on any atom is 0.326 e. The minimum Gasteiger partial charge on any atom is -0.494 e. The zero-order valence-corrected chi connectivity index (χ0v) is 16.3. The van der Waals surface area contributed by atoms with Crippen LogP contribution in [0.25, 0.3) is 11.1 Å². The van der Waals surface area contributed by atoms with E-state index in [1.54, 1.807) is 18.2 Å². The van der Waals surface area contributed by atoms with Gasteiger partial charge in [0.1, 0.15) is 6.04 Å². The summed E-state index contributed by atoms with van der Waals surface area (Å²) < 4.78 is 18.9. The molecule has 4 N–H and O–H groups in total. The van der Waals surface area contributed by atoms with Crippen molar-refractivity contribution in [3.8, 4) is 16.9 Å². The molecule has 1 aliphatic rings. The summed E-state index contributed by atoms with van der Waals surface area (Å²) in [6, 6.07) is 8.37. The van der Waals surface area contributed by atoms with E-state index in [0.717, 1.165) is 32.1 Å². The molecular weight excluding hydrogens is 375 g/mol. The normalized spacial score (nSPS) is 15.5. The topological polar surface area (TPSA) is 102 Å². The number of carboxylic acid groups (broad SMARTS) is 1. The number of anilines is 1. The van der Waals surface area contributed by atoms with Gasteiger partial charge in [-0.2, -0.15) is 0 Å². The molecule has 0 saturated heterocycles. The third-order valence-electron chi connectivity index (χ3n) is 5.46. The smallest absolute Gasteiger partial charge is 0.326 e. The number of amides is 1. The fourth-order valence-electron chi connectivity index (χ4n) is 3.86. The number of nitrogens with one attached hydrogen (secondary N) is 1. The number of halogens is 1. The molecule has 3 rings (SSSR count). The predicted molar refractivity (Wildman–Crippen MR) is 108 cm³/mol. The Labute approximate surface area is 168 Å². The molecule has 1 amide bonds. The lowest BCUT2D eigenvalue weighted by atomic mass is 9.83. The molecule has 7 heteroatoms. The number of methoxy groups -OCH3 is 1. The largest absolute Gasteiger partial charge is 0.494 e. The van der Waals surface area contributed by atoms with Crippen molar-refractivity contribution < 1.29 is 23.8 Å². The molecule has 2 aromatic rings. The number of nitrogens with two attached hydrogens (primary N) is 1. The second kappa shape index (κ2) is 8.94. The van der Waals surface area contributed by atoms with E-state index in [1.807, 2.05) is 0 Å². The highest BCUT2D eigenvalue weighted by Gasteiger charge is 2.31. The van der Waals surface area contributed by atoms with Crippen molar-refractivity contribution in [1.82, 2.24) is 5.32 Å². The molecule has 0 aromatic heterocycles. The second-order valence-electron chi connectivity index (χ2n) is 7.34. The summed E-state index contributed by atoms with van der Waals surface area (Å²) in [5.41, 5.74) is 7.69. The summed E-state index contributed by atoms with van der Waals surface area (Å²) in [6.45, 7) is 0. The molecule has 0 aliphatic heterocycles. The van der Waals surface area contributed by atoms with Gasteiger partial charge in [-0.25, -0.2) is 9.18 Å². The Morgan fingerprint density at radius 2 is 1.79 bits per heavy atom. The summed E-state index contributed by atoms with van der Waals surface area (Å²) in [4.78, 5) is 24.4. The second-order valence-corrected chi connectivity index (χ2v) is 7.34. The van der Waals surface area contributed by atoms with E-state index in [0.29, 0.717) is 11.1 Å². The van der Waals surface area contributed by atoms with E-state index in [9.17, 15) is 19.1 Å². The Kier molecular flexibility index (Phi) is 6.36. The van der Waals surface area contributed by atoms with Crippen molar-refractivity contribution >= 4 is 17.6 Å². The van der Waals surface area contributed by atoms with Gasteiger partial charge in [-0.05, 0) is 54.2 Å². The van der Waals surface area contributed by atoms with Crippen LogP contribution in [0.3, 0.4) is 0 Å². The van der Waals surface area contributed by atoms with E-state index in [4.69, 9.17) is 10.5 Å². The molecule has 2 aromatic carbocycles. The van der Waals surface area contributed by atoms with Crippen LogP contribution in [-0.2, 0) is 4.79 Å². The lowest BCUT2D eigenvalue weighted by Crippen LogP contribution is -2.46. The highest BCUT2D eigenvalue weighted by molar-refractivity contribution is 6.01. The lowest BCUT2D eigenvalue weighted by molar-refractivity contribution is -0.141. The van der Waals surface area contributed by atoms with Crippen LogP contribution in [-0.4, -0.2) is 30.1 Å². The summed E-state index contributed by atoms with van der Waals surface area (Å²) in [6.07, 6.45) is 4.61. The molecule has 0 unspecified atom stereocenters. The first kappa shape index (κ1) is 20.6. The van der Waals surface area contributed by atoms with Gasteiger partial charge in [0, 0.05) is 5.69 Å². The molecular formula is C22H25FN2O4. The lowest BCUT2D eigenvalue weighted by Gasteiger charge is -2.28. The number of ether oxygens (including phenoxy) is 1. The van der Waals surface area contributed by atoms with Crippen LogP contribution in [0.4, 0.5) is 10.1 Å². The van der Waals surface area contributed by atoms with Crippen LogP contribution in [0.2, 0.25) is 0 Å². The molecule has 0 spiro atoms. The van der Waals surface area contributed by atoms with Crippen LogP contribution in [0.15, 0.2) is 36.4 Å². The number of nitrogen functional groups attached to an aromatic ring is 1. The summed E-state index contributed by atoms with van der Waals surface area (Å²) >= 11 is 0. The monoisotopic (exact) mass is 400 g/mol. The molecule has 6 nitrogen and oxygen atoms in total. The van der Waals surface area contributed by atoms with Gasteiger partial charge >= 0.3 is 5.97 Å². The summed E-state index contributed by atoms with van der Waals surface area (Å²) in [5.74, 6) is -1.99. The molecule has 1 aliphatic carbocycles. The Bertz CT molecular complexity index is 910. The van der Waals surface area contributed by atoms with Crippen LogP contribution >= 0.6 is 0 Å². The third-order valence-corrected chi connectivity index (χ3v) is 5.46. The van der Waals surface area contributed by atoms with Crippen molar-refractivity contribution in [3.05, 3.63) is 47.8 Å². The number of aliphatic carboxylic acids is 1. The average molecular weight is 400 g/mol. The van der Waals surface area contributed by atoms with Gasteiger partial charge < -0.3 is 20.9 Å². The standard InChI is InChI=1S/C22H25FN2O4/c1-29-19-10-8-14(11-17(19)23)15-7-9-16(18(24)12-15)21(26)25-20(22(27)28)13-5-3-2-4-6-13/h7-13,20H,2-6,24H2,1H3,(H,25,26)(H,27,28)/t20-/m0/s1. The molecule has 1 atom stereocenters. The molecule has 154 valence electrons. The van der Waals surface area contributed by atoms with Crippen LogP contribution < -0.4 is 15.8 Å². The Morgan fingerprint density at radius 1 is 1.14 bits per heavy atom. The van der Waals surface area contributed by atoms with Gasteiger partial charge in [0.15, 0.2) is 11.6 Å². The fourth-order valence-corrected chi connectivity index (χ4v) is 3.86. The van der Waals surface area contributed by atoms with Crippen molar-refractivity contribution in [2.45, 2.75) is 38.1 Å². The first-order chi connectivity index (χ1) is 13.9. The number of rotatable bonds is 6. The first-order valence-electron chi connectivity index (χ1n) is 9.68. The molecule has 0 bridgehead atoms. The zero-order valence-electron chi connectivity index (χ0n) is 16.3. The van der Waals surface area contributed by atoms with Gasteiger partial charge in [0.05, 0.1) is 12.7 Å². The summed E-state index contributed by atoms with van der Waals surface area (Å²) in [7, 11) is 1.39. The maximum atomic E-state index is 14.0. The average Bonchev–Trinajstić information content (AvgIpc) is 2.72. The van der Waals surface area contributed by atoms with Gasteiger partial charge in [0.2, 0.25) is 0 Å². The zero-order chi connectivity index (χ0) is 21.0. The van der Waals surface area contributed by atoms with E-state index in [2.05, 4.69) is 5.32 Å². The minimum atomic E-state index is -1.03. The van der Waals surface area contributed by atoms with Crippen molar-refractivity contribution in [1.29, 1.82) is 0 Å². The molecule has 0 radical (unpaired) electrons. The molecule has 1 saturated carbocycles. The Morgan fingerprint density at radius 3 is 2.38 bits per heavy atom. The molecule has 1 fully saturated rings. The predicted octanol–water partition coefficient (Wildman–Crippen LogP) is 3.85. The highest BCUT2D eigenvalue weighted by atomic mass is 19.1. The van der Waals surface area contributed by atoms with E-state index < -0.39 is 23.7 Å². The quantitative estimate of drug-likeness (QED) is 0.640. The summed E-state index contributed by atoms with van der Waals surface area (Å²) in [5, 5.41) is 12.2. The molecule has 29 heavy (non-hydrogen) atoms. The number of carboxylic acids is 1. The Balaban J connectivity index is 1.79. The van der Waals surface area contributed by atoms with Gasteiger partial charge in [0.25, 0.3) is 5.91 Å². The Hall–Kier alpha value is -3.09. The van der Waals surface area contributed by atoms with E-state index in [-0.39, 0.29) is 22.9 Å². The van der Waals surface area contributed by atoms with Gasteiger partial charge in [-0.1, -0.05) is 31.4 Å². The fraction of sp³-hybridized carbons (Fsp3) is 0.364. The van der Waals surface area contributed by atoms with Crippen molar-refractivity contribution in [2.75, 3.05) is 12.8 Å². The SMILES string of the molecule is COc1ccc(-c2ccc(C(=O)N[C@H](C(=O)O)C3CCCCC3)c(N)c2)cc1F. The number of carbonyl (C=O) groups is 2.